The summed E-state index contributed by atoms with van der Waals surface area (Å²) < 4.78 is 7.48. The Kier molecular flexibility index (Phi) is 12.0. The molecular weight excluding hydrogens is 984 g/mol. The molecule has 13 rings (SSSR count). The number of aryl methyl sites for hydroxylation is 3. The third-order valence-electron chi connectivity index (χ3n) is 18.6. The van der Waals surface area contributed by atoms with Crippen molar-refractivity contribution in [1.82, 2.24) is 0 Å². The van der Waals surface area contributed by atoms with Crippen LogP contribution in [0.4, 0.5) is 34.1 Å². The van der Waals surface area contributed by atoms with Crippen LogP contribution in [0.25, 0.3) is 22.1 Å². The highest BCUT2D eigenvalue weighted by atomic mass is 28.3. The molecule has 0 saturated heterocycles. The Morgan fingerprint density at radius 2 is 0.975 bits per heavy atom. The van der Waals surface area contributed by atoms with Gasteiger partial charge in [0, 0.05) is 28.1 Å². The zero-order valence-corrected chi connectivity index (χ0v) is 50.3. The molecule has 0 radical (unpaired) electrons. The van der Waals surface area contributed by atoms with Crippen molar-refractivity contribution in [3.8, 4) is 11.1 Å². The van der Waals surface area contributed by atoms with Crippen LogP contribution >= 0.6 is 0 Å². The molecule has 0 amide bonds. The van der Waals surface area contributed by atoms with Crippen LogP contribution in [-0.4, -0.2) is 14.8 Å². The first kappa shape index (κ1) is 51.8. The molecule has 0 spiro atoms. The Balaban J connectivity index is 1.06. The average molecular weight is 1060 g/mol. The van der Waals surface area contributed by atoms with E-state index in [1.165, 1.54) is 104 Å². The molecule has 9 aromatic carbocycles. The molecular formula is C75H75BN2OSi. The Morgan fingerprint density at radius 1 is 0.463 bits per heavy atom. The van der Waals surface area contributed by atoms with Crippen LogP contribution in [0.2, 0.25) is 0 Å². The molecule has 10 aromatic rings. The molecule has 3 nitrogen and oxygen atoms in total. The number of anilines is 6. The van der Waals surface area contributed by atoms with E-state index < -0.39 is 8.07 Å². The van der Waals surface area contributed by atoms with Crippen molar-refractivity contribution in [2.75, 3.05) is 9.80 Å². The van der Waals surface area contributed by atoms with Gasteiger partial charge in [-0.1, -0.05) is 209 Å². The van der Waals surface area contributed by atoms with Gasteiger partial charge in [0.05, 0.1) is 17.0 Å². The van der Waals surface area contributed by atoms with E-state index in [1.54, 1.807) is 0 Å². The lowest BCUT2D eigenvalue weighted by Crippen LogP contribution is -2.74. The van der Waals surface area contributed by atoms with E-state index in [0.717, 1.165) is 40.8 Å². The van der Waals surface area contributed by atoms with Crippen molar-refractivity contribution in [2.45, 2.75) is 125 Å². The summed E-state index contributed by atoms with van der Waals surface area (Å²) in [5.74, 6) is 0. The van der Waals surface area contributed by atoms with Crippen LogP contribution in [0, 0.1) is 20.8 Å². The fraction of sp³-hybridized carbons (Fsp3) is 0.253. The zero-order valence-electron chi connectivity index (χ0n) is 49.3. The van der Waals surface area contributed by atoms with E-state index in [-0.39, 0.29) is 28.4 Å². The van der Waals surface area contributed by atoms with Crippen molar-refractivity contribution in [3.05, 3.63) is 233 Å². The highest BCUT2D eigenvalue weighted by Gasteiger charge is 2.50. The fourth-order valence-corrected chi connectivity index (χ4v) is 19.0. The number of hydrogen-bond donors (Lipinski definition) is 0. The summed E-state index contributed by atoms with van der Waals surface area (Å²) in [6.45, 7) is 30.6. The van der Waals surface area contributed by atoms with Gasteiger partial charge in [-0.25, -0.2) is 0 Å². The van der Waals surface area contributed by atoms with Crippen LogP contribution in [0.15, 0.2) is 199 Å². The minimum Gasteiger partial charge on any atom is -0.468 e. The number of rotatable bonds is 7. The van der Waals surface area contributed by atoms with Crippen LogP contribution in [-0.2, 0) is 21.7 Å². The van der Waals surface area contributed by atoms with Crippen molar-refractivity contribution in [1.29, 1.82) is 0 Å². The molecule has 0 fully saturated rings. The second-order valence-corrected chi connectivity index (χ2v) is 30.8. The molecule has 3 aliphatic rings. The minimum atomic E-state index is -2.77. The highest BCUT2D eigenvalue weighted by Crippen LogP contribution is 2.52. The maximum atomic E-state index is 7.48. The van der Waals surface area contributed by atoms with E-state index in [1.807, 2.05) is 0 Å². The van der Waals surface area contributed by atoms with E-state index in [9.17, 15) is 0 Å². The minimum absolute atomic E-state index is 0.00108. The van der Waals surface area contributed by atoms with Crippen molar-refractivity contribution in [3.63, 3.8) is 0 Å². The monoisotopic (exact) mass is 1060 g/mol. The molecule has 1 aliphatic carbocycles. The molecule has 1 aromatic heterocycles. The van der Waals surface area contributed by atoms with Crippen LogP contribution in [0.3, 0.4) is 0 Å². The second kappa shape index (κ2) is 18.5. The van der Waals surface area contributed by atoms with Crippen molar-refractivity contribution >= 4 is 97.2 Å². The van der Waals surface area contributed by atoms with Gasteiger partial charge in [-0.2, -0.15) is 0 Å². The first-order valence-electron chi connectivity index (χ1n) is 29.1. The number of hydrogen-bond acceptors (Lipinski definition) is 3. The standard InChI is InChI=1S/C75H75BN2OSi/c1-48-40-65-68-66(41-48)78(69-49(2)42-52(43-50(69)3)51-24-23-31-59(44-51)80(56-25-17-14-18-26-56,57-27-19-15-20-28-57)58-29-21-16-22-30-58)64-47-62-61(74(10,11)38-39-75(62,12)13)46-63(64)76(68)71-70(60-45-54(73(7,8)9)34-37-67(60)79-71)77(65)55-35-32-53(33-36-55)72(4,5)6/h14-37,40-47H,38-39H2,1-13H3. The maximum Gasteiger partial charge on any atom is 0.297 e. The molecule has 0 unspecified atom stereocenters. The lowest BCUT2D eigenvalue weighted by molar-refractivity contribution is 0.332. The third kappa shape index (κ3) is 8.12. The summed E-state index contributed by atoms with van der Waals surface area (Å²) in [6, 6.07) is 74.7. The van der Waals surface area contributed by atoms with Gasteiger partial charge in [-0.3, -0.25) is 0 Å². The Morgan fingerprint density at radius 3 is 1.52 bits per heavy atom. The fourth-order valence-electron chi connectivity index (χ4n) is 14.2. The zero-order chi connectivity index (χ0) is 55.8. The Labute approximate surface area is 477 Å². The van der Waals surface area contributed by atoms with Gasteiger partial charge in [0.2, 0.25) is 0 Å². The smallest absolute Gasteiger partial charge is 0.297 e. The van der Waals surface area contributed by atoms with Gasteiger partial charge in [-0.15, -0.1) is 0 Å². The van der Waals surface area contributed by atoms with E-state index in [4.69, 9.17) is 4.42 Å². The van der Waals surface area contributed by atoms with Gasteiger partial charge < -0.3 is 14.2 Å². The molecule has 5 heteroatoms. The number of fused-ring (bicyclic) bond motifs is 7. The summed E-state index contributed by atoms with van der Waals surface area (Å²) >= 11 is 0. The summed E-state index contributed by atoms with van der Waals surface area (Å²) in [7, 11) is -2.77. The normalized spacial score (nSPS) is 15.3. The molecule has 3 heterocycles. The van der Waals surface area contributed by atoms with E-state index >= 15 is 0 Å². The van der Waals surface area contributed by atoms with Gasteiger partial charge in [0.25, 0.3) is 6.71 Å². The van der Waals surface area contributed by atoms with Crippen LogP contribution in [0.5, 0.6) is 0 Å². The molecule has 80 heavy (non-hydrogen) atoms. The molecule has 0 saturated carbocycles. The van der Waals surface area contributed by atoms with Gasteiger partial charge in [0.15, 0.2) is 8.07 Å². The SMILES string of the molecule is Cc1cc2c3c(c1)N(c1ccc(C(C)(C)C)cc1)c1c(oc4ccc(C(C)(C)C)cc14)B3c1cc3c(cc1N2c1c(C)cc(-c2cccc([Si](c4ccccc4)(c4ccccc4)c4ccccc4)c2)cc1C)C(C)(C)CCC3(C)C. The molecule has 398 valence electrons. The van der Waals surface area contributed by atoms with Gasteiger partial charge in [-0.05, 0) is 192 Å². The summed E-state index contributed by atoms with van der Waals surface area (Å²) in [5.41, 5.74) is 23.4. The van der Waals surface area contributed by atoms with Crippen molar-refractivity contribution in [2.24, 2.45) is 0 Å². The van der Waals surface area contributed by atoms with E-state index in [2.05, 4.69) is 294 Å². The van der Waals surface area contributed by atoms with Crippen LogP contribution < -0.4 is 47.1 Å². The summed E-state index contributed by atoms with van der Waals surface area (Å²) in [4.78, 5) is 5.22. The lowest BCUT2D eigenvalue weighted by Gasteiger charge is -2.47. The third-order valence-corrected chi connectivity index (χ3v) is 23.4. The summed E-state index contributed by atoms with van der Waals surface area (Å²) in [6.07, 6.45) is 2.27. The Bertz CT molecular complexity index is 3940. The molecule has 0 N–H and O–H groups in total. The number of benzene rings is 9. The largest absolute Gasteiger partial charge is 0.468 e. The van der Waals surface area contributed by atoms with Gasteiger partial charge in [0.1, 0.15) is 5.58 Å². The quantitative estimate of drug-likeness (QED) is 0.117. The predicted octanol–water partition coefficient (Wildman–Crippen LogP) is 15.4. The highest BCUT2D eigenvalue weighted by molar-refractivity contribution is 7.20. The molecule has 0 bridgehead atoms. The topological polar surface area (TPSA) is 19.6 Å². The molecule has 0 atom stereocenters. The average Bonchev–Trinajstić information content (AvgIpc) is 3.33. The summed E-state index contributed by atoms with van der Waals surface area (Å²) in [5, 5.41) is 6.65. The number of furan rings is 1. The number of nitrogens with zero attached hydrogens (tertiary/aromatic N) is 2. The molecule has 2 aliphatic heterocycles. The predicted molar refractivity (Wildman–Crippen MR) is 346 cm³/mol. The maximum absolute atomic E-state index is 7.48. The first-order valence-corrected chi connectivity index (χ1v) is 31.1. The van der Waals surface area contributed by atoms with Crippen molar-refractivity contribution < 1.29 is 4.42 Å². The van der Waals surface area contributed by atoms with E-state index in [0.29, 0.717) is 0 Å². The Hall–Kier alpha value is -7.60. The lowest BCUT2D eigenvalue weighted by atomic mass is 9.35. The second-order valence-electron chi connectivity index (χ2n) is 27.0. The first-order chi connectivity index (χ1) is 38.1. The van der Waals surface area contributed by atoms with Gasteiger partial charge >= 0.3 is 0 Å². The van der Waals surface area contributed by atoms with Crippen LogP contribution in [0.1, 0.15) is 121 Å².